The van der Waals surface area contributed by atoms with E-state index in [9.17, 15) is 0 Å². The van der Waals surface area contributed by atoms with Crippen LogP contribution in [0.4, 0.5) is 0 Å². The van der Waals surface area contributed by atoms with Gasteiger partial charge in [-0.1, -0.05) is 6.07 Å². The van der Waals surface area contributed by atoms with E-state index in [-0.39, 0.29) is 0 Å². The van der Waals surface area contributed by atoms with Crippen LogP contribution in [0.3, 0.4) is 0 Å². The summed E-state index contributed by atoms with van der Waals surface area (Å²) >= 11 is 5.15. The van der Waals surface area contributed by atoms with Crippen molar-refractivity contribution in [2.75, 3.05) is 14.2 Å². The van der Waals surface area contributed by atoms with Crippen LogP contribution in [0, 0.1) is 0 Å². The lowest BCUT2D eigenvalue weighted by molar-refractivity contribution is 0.390. The summed E-state index contributed by atoms with van der Waals surface area (Å²) in [7, 11) is 3.30. The van der Waals surface area contributed by atoms with Crippen LogP contribution in [0.1, 0.15) is 0 Å². The second-order valence-corrected chi connectivity index (χ2v) is 4.91. The number of methoxy groups -OCH3 is 2. The summed E-state index contributed by atoms with van der Waals surface area (Å²) in [5.41, 5.74) is 1.10. The van der Waals surface area contributed by atoms with Crippen molar-refractivity contribution in [3.8, 4) is 21.9 Å². The van der Waals surface area contributed by atoms with Crippen molar-refractivity contribution >= 4 is 27.3 Å². The van der Waals surface area contributed by atoms with Gasteiger partial charge in [-0.05, 0) is 45.1 Å². The molecule has 0 aliphatic rings. The van der Waals surface area contributed by atoms with Gasteiger partial charge in [0.2, 0.25) is 0 Å². The Labute approximate surface area is 107 Å². The van der Waals surface area contributed by atoms with E-state index in [4.69, 9.17) is 9.47 Å². The average molecular weight is 299 g/mol. The third-order valence-corrected chi connectivity index (χ3v) is 3.95. The lowest BCUT2D eigenvalue weighted by Crippen LogP contribution is -1.90. The maximum Gasteiger partial charge on any atom is 0.137 e. The zero-order chi connectivity index (χ0) is 11.5. The van der Waals surface area contributed by atoms with E-state index in [2.05, 4.69) is 27.4 Å². The lowest BCUT2D eigenvalue weighted by Gasteiger charge is -2.10. The van der Waals surface area contributed by atoms with Gasteiger partial charge in [0.05, 0.1) is 14.2 Å². The molecule has 2 nitrogen and oxygen atoms in total. The Kier molecular flexibility index (Phi) is 3.51. The molecular formula is C12H11BrO2S. The zero-order valence-electron chi connectivity index (χ0n) is 8.99. The van der Waals surface area contributed by atoms with Crippen molar-refractivity contribution in [1.29, 1.82) is 0 Å². The first kappa shape index (κ1) is 11.5. The van der Waals surface area contributed by atoms with Gasteiger partial charge in [0.25, 0.3) is 0 Å². The SMILES string of the molecule is COc1cc(-c2cccs2)cc(OC)c1Br. The molecule has 1 heterocycles. The van der Waals surface area contributed by atoms with Gasteiger partial charge < -0.3 is 9.47 Å². The molecule has 0 aliphatic heterocycles. The summed E-state index contributed by atoms with van der Waals surface area (Å²) in [6.45, 7) is 0. The summed E-state index contributed by atoms with van der Waals surface area (Å²) < 4.78 is 11.5. The third kappa shape index (κ3) is 2.08. The fourth-order valence-electron chi connectivity index (χ4n) is 1.45. The van der Waals surface area contributed by atoms with Crippen LogP contribution in [-0.2, 0) is 0 Å². The van der Waals surface area contributed by atoms with Crippen LogP contribution in [-0.4, -0.2) is 14.2 Å². The van der Waals surface area contributed by atoms with Gasteiger partial charge in [-0.25, -0.2) is 0 Å². The molecule has 0 bridgehead atoms. The van der Waals surface area contributed by atoms with Crippen LogP contribution in [0.15, 0.2) is 34.1 Å². The second-order valence-electron chi connectivity index (χ2n) is 3.17. The Morgan fingerprint density at radius 2 is 1.75 bits per heavy atom. The number of hydrogen-bond acceptors (Lipinski definition) is 3. The van der Waals surface area contributed by atoms with Crippen LogP contribution in [0.25, 0.3) is 10.4 Å². The highest BCUT2D eigenvalue weighted by Crippen LogP contribution is 2.39. The summed E-state index contributed by atoms with van der Waals surface area (Å²) in [5, 5.41) is 2.05. The van der Waals surface area contributed by atoms with E-state index in [1.165, 1.54) is 4.88 Å². The highest BCUT2D eigenvalue weighted by Gasteiger charge is 2.11. The summed E-state index contributed by atoms with van der Waals surface area (Å²) in [4.78, 5) is 1.20. The Hall–Kier alpha value is -1.00. The van der Waals surface area contributed by atoms with Gasteiger partial charge in [-0.15, -0.1) is 11.3 Å². The molecule has 0 spiro atoms. The van der Waals surface area contributed by atoms with E-state index < -0.39 is 0 Å². The highest BCUT2D eigenvalue weighted by atomic mass is 79.9. The summed E-state index contributed by atoms with van der Waals surface area (Å²) in [5.74, 6) is 1.56. The number of hydrogen-bond donors (Lipinski definition) is 0. The van der Waals surface area contributed by atoms with Gasteiger partial charge in [-0.2, -0.15) is 0 Å². The molecule has 0 amide bonds. The molecule has 0 aliphatic carbocycles. The molecule has 0 radical (unpaired) electrons. The van der Waals surface area contributed by atoms with Crippen molar-refractivity contribution in [3.05, 3.63) is 34.1 Å². The molecule has 1 aromatic carbocycles. The monoisotopic (exact) mass is 298 g/mol. The molecule has 2 aromatic rings. The normalized spacial score (nSPS) is 10.2. The molecule has 0 saturated carbocycles. The average Bonchev–Trinajstić information content (AvgIpc) is 2.83. The first-order valence-corrected chi connectivity index (χ1v) is 6.39. The molecule has 0 saturated heterocycles. The van der Waals surface area contributed by atoms with E-state index in [0.29, 0.717) is 0 Å². The molecule has 4 heteroatoms. The second kappa shape index (κ2) is 4.89. The molecule has 2 rings (SSSR count). The maximum absolute atomic E-state index is 5.30. The van der Waals surface area contributed by atoms with Crippen LogP contribution < -0.4 is 9.47 Å². The van der Waals surface area contributed by atoms with Crippen molar-refractivity contribution in [2.45, 2.75) is 0 Å². The fourth-order valence-corrected chi connectivity index (χ4v) is 2.72. The van der Waals surface area contributed by atoms with Crippen LogP contribution in [0.5, 0.6) is 11.5 Å². The Morgan fingerprint density at radius 1 is 1.12 bits per heavy atom. The lowest BCUT2D eigenvalue weighted by atomic mass is 10.1. The van der Waals surface area contributed by atoms with Crippen molar-refractivity contribution in [3.63, 3.8) is 0 Å². The Balaban J connectivity index is 2.56. The molecule has 84 valence electrons. The summed E-state index contributed by atoms with van der Waals surface area (Å²) in [6, 6.07) is 8.10. The maximum atomic E-state index is 5.30. The molecule has 0 atom stereocenters. The number of halogens is 1. The van der Waals surface area contributed by atoms with Crippen molar-refractivity contribution in [1.82, 2.24) is 0 Å². The minimum atomic E-state index is 0.780. The smallest absolute Gasteiger partial charge is 0.137 e. The van der Waals surface area contributed by atoms with Crippen LogP contribution in [0.2, 0.25) is 0 Å². The van der Waals surface area contributed by atoms with E-state index in [0.717, 1.165) is 21.5 Å². The predicted octanol–water partition coefficient (Wildman–Crippen LogP) is 4.19. The molecule has 0 fully saturated rings. The topological polar surface area (TPSA) is 18.5 Å². The quantitative estimate of drug-likeness (QED) is 0.846. The van der Waals surface area contributed by atoms with Crippen LogP contribution >= 0.6 is 27.3 Å². The van der Waals surface area contributed by atoms with Crippen molar-refractivity contribution in [2.24, 2.45) is 0 Å². The third-order valence-electron chi connectivity index (χ3n) is 2.25. The molecule has 1 aromatic heterocycles. The standard InChI is InChI=1S/C12H11BrO2S/c1-14-9-6-8(11-4-3-5-16-11)7-10(15-2)12(9)13/h3-7H,1-2H3. The number of ether oxygens (including phenoxy) is 2. The molecular weight excluding hydrogens is 288 g/mol. The van der Waals surface area contributed by atoms with E-state index in [1.54, 1.807) is 25.6 Å². The number of benzene rings is 1. The van der Waals surface area contributed by atoms with E-state index >= 15 is 0 Å². The van der Waals surface area contributed by atoms with Gasteiger partial charge in [0, 0.05) is 4.88 Å². The van der Waals surface area contributed by atoms with Gasteiger partial charge in [0.15, 0.2) is 0 Å². The number of rotatable bonds is 3. The fraction of sp³-hybridized carbons (Fsp3) is 0.167. The van der Waals surface area contributed by atoms with Crippen molar-refractivity contribution < 1.29 is 9.47 Å². The zero-order valence-corrected chi connectivity index (χ0v) is 11.4. The van der Waals surface area contributed by atoms with Gasteiger partial charge in [-0.3, -0.25) is 0 Å². The highest BCUT2D eigenvalue weighted by molar-refractivity contribution is 9.10. The Bertz CT molecular complexity index is 455. The number of thiophene rings is 1. The van der Waals surface area contributed by atoms with Gasteiger partial charge in [0.1, 0.15) is 16.0 Å². The minimum absolute atomic E-state index is 0.780. The minimum Gasteiger partial charge on any atom is -0.495 e. The molecule has 0 N–H and O–H groups in total. The largest absolute Gasteiger partial charge is 0.495 e. The van der Waals surface area contributed by atoms with E-state index in [1.807, 2.05) is 18.2 Å². The summed E-state index contributed by atoms with van der Waals surface area (Å²) in [6.07, 6.45) is 0. The first-order valence-electron chi connectivity index (χ1n) is 4.71. The van der Waals surface area contributed by atoms with Gasteiger partial charge >= 0.3 is 0 Å². The molecule has 0 unspecified atom stereocenters. The predicted molar refractivity (Wildman–Crippen MR) is 70.6 cm³/mol. The first-order chi connectivity index (χ1) is 7.76. The molecule has 16 heavy (non-hydrogen) atoms. The Morgan fingerprint density at radius 3 is 2.19 bits per heavy atom.